The molecule has 0 spiro atoms. The van der Waals surface area contributed by atoms with Crippen molar-refractivity contribution in [1.29, 1.82) is 0 Å². The number of aliphatic carboxylic acids is 1. The minimum absolute atomic E-state index is 0.0410. The molecule has 3 unspecified atom stereocenters. The summed E-state index contributed by atoms with van der Waals surface area (Å²) in [4.78, 5) is 59.0. The monoisotopic (exact) mass is 605 g/mol. The normalized spacial score (nSPS) is 31.1. The summed E-state index contributed by atoms with van der Waals surface area (Å²) < 4.78 is 1.26. The maximum Gasteiger partial charge on any atom is 0.353 e. The van der Waals surface area contributed by atoms with Gasteiger partial charge >= 0.3 is 5.97 Å². The summed E-state index contributed by atoms with van der Waals surface area (Å²) >= 11 is 1.37. The number of likely N-dealkylation sites (tertiary alicyclic amines) is 1. The molecule has 3 fully saturated rings. The number of carbonyl (C=O) groups excluding carboxylic acids is 3. The third kappa shape index (κ3) is 5.52. The Balaban J connectivity index is 1.23. The maximum absolute atomic E-state index is 13.4. The van der Waals surface area contributed by atoms with Gasteiger partial charge in [-0.3, -0.25) is 14.4 Å². The molecule has 3 saturated heterocycles. The average Bonchev–Trinajstić information content (AvgIpc) is 3.71. The Morgan fingerprint density at radius 2 is 2.07 bits per heavy atom. The van der Waals surface area contributed by atoms with Gasteiger partial charge in [0.15, 0.2) is 5.96 Å². The van der Waals surface area contributed by atoms with Gasteiger partial charge in [-0.25, -0.2) is 14.5 Å². The number of rotatable bonds is 10. The van der Waals surface area contributed by atoms with E-state index in [1.165, 1.54) is 27.7 Å². The van der Waals surface area contributed by atoms with E-state index in [-0.39, 0.29) is 59.7 Å². The van der Waals surface area contributed by atoms with Crippen LogP contribution in [0.15, 0.2) is 21.9 Å². The Morgan fingerprint density at radius 1 is 1.31 bits per heavy atom. The number of tetrazole rings is 1. The molecule has 8 atom stereocenters. The SMILES string of the molecule is C[C@@H](NC(=O)Cn1cnnn1)[C@H]1C(=O)N2C(C(=O)O)=C(S[C@@H]3CNC(C(=O)N4CC(N=C(N)N)CC4CO)C3)[C@H](C)[C@H]12. The molecule has 17 nitrogen and oxygen atoms in total. The molecule has 5 heterocycles. The van der Waals surface area contributed by atoms with Crippen molar-refractivity contribution in [3.63, 3.8) is 0 Å². The summed E-state index contributed by atoms with van der Waals surface area (Å²) in [5.41, 5.74) is 11.0. The number of carboxylic acids is 1. The standard InChI is InChI=1S/C24H35N11O6S/c1-10-18-17(11(2)29-16(37)7-33-9-28-31-32-33)22(39)35(18)19(23(40)41)20(10)42-14-4-15(27-5-14)21(38)34-6-12(30-24(25)26)3-13(34)8-36/h9-15,17-18,27,36H,3-8H2,1-2H3,(H,29,37)(H,40,41)(H4,25,26,30)/t10-,11-,12?,13?,14+,15?,17-,18-/m1/s1. The molecule has 1 aromatic rings. The number of nitrogens with zero attached hydrogens (tertiary/aromatic N) is 7. The third-order valence-corrected chi connectivity index (χ3v) is 9.83. The molecule has 0 saturated carbocycles. The van der Waals surface area contributed by atoms with Crippen LogP contribution < -0.4 is 22.1 Å². The van der Waals surface area contributed by atoms with Gasteiger partial charge < -0.3 is 42.1 Å². The first kappa shape index (κ1) is 29.7. The molecule has 0 aromatic carbocycles. The van der Waals surface area contributed by atoms with Crippen molar-refractivity contribution >= 4 is 41.4 Å². The Morgan fingerprint density at radius 3 is 2.71 bits per heavy atom. The number of fused-ring (bicyclic) bond motifs is 1. The third-order valence-electron chi connectivity index (χ3n) is 8.32. The van der Waals surface area contributed by atoms with E-state index in [0.29, 0.717) is 30.8 Å². The fourth-order valence-electron chi connectivity index (χ4n) is 6.49. The van der Waals surface area contributed by atoms with Crippen LogP contribution in [0.5, 0.6) is 0 Å². The van der Waals surface area contributed by atoms with Gasteiger partial charge in [-0.1, -0.05) is 6.92 Å². The van der Waals surface area contributed by atoms with Crippen molar-refractivity contribution in [3.05, 3.63) is 16.9 Å². The smallest absolute Gasteiger partial charge is 0.353 e. The zero-order valence-corrected chi connectivity index (χ0v) is 24.0. The lowest BCUT2D eigenvalue weighted by Gasteiger charge is -2.47. The van der Waals surface area contributed by atoms with E-state index < -0.39 is 36.1 Å². The highest BCUT2D eigenvalue weighted by Gasteiger charge is 2.60. The molecule has 228 valence electrons. The molecule has 0 bridgehead atoms. The number of aromatic nitrogens is 4. The number of nitrogens with two attached hydrogens (primary N) is 2. The van der Waals surface area contributed by atoms with Gasteiger partial charge in [0.1, 0.15) is 18.6 Å². The van der Waals surface area contributed by atoms with Crippen LogP contribution in [-0.2, 0) is 25.7 Å². The minimum Gasteiger partial charge on any atom is -0.477 e. The molecule has 0 radical (unpaired) electrons. The van der Waals surface area contributed by atoms with Crippen LogP contribution in [0.1, 0.15) is 26.7 Å². The van der Waals surface area contributed by atoms with Gasteiger partial charge in [-0.05, 0) is 30.2 Å². The van der Waals surface area contributed by atoms with Gasteiger partial charge in [0.2, 0.25) is 17.7 Å². The number of nitrogens with one attached hydrogen (secondary N) is 2. The van der Waals surface area contributed by atoms with Gasteiger partial charge in [-0.15, -0.1) is 16.9 Å². The lowest BCUT2D eigenvalue weighted by molar-refractivity contribution is -0.158. The van der Waals surface area contributed by atoms with E-state index in [1.807, 2.05) is 6.92 Å². The Labute approximate surface area is 245 Å². The van der Waals surface area contributed by atoms with E-state index in [2.05, 4.69) is 31.2 Å². The molecular formula is C24H35N11O6S. The number of guanidine groups is 1. The van der Waals surface area contributed by atoms with Gasteiger partial charge in [0.05, 0.1) is 36.7 Å². The van der Waals surface area contributed by atoms with Gasteiger partial charge in [0.25, 0.3) is 0 Å². The molecule has 4 aliphatic heterocycles. The lowest BCUT2D eigenvalue weighted by Crippen LogP contribution is -2.66. The molecule has 4 aliphatic rings. The Hall–Kier alpha value is -3.77. The highest BCUT2D eigenvalue weighted by Crippen LogP contribution is 2.52. The van der Waals surface area contributed by atoms with E-state index in [9.17, 15) is 29.4 Å². The second kappa shape index (κ2) is 11.8. The van der Waals surface area contributed by atoms with Crippen LogP contribution in [-0.4, -0.2) is 125 Å². The second-order valence-corrected chi connectivity index (χ2v) is 12.4. The summed E-state index contributed by atoms with van der Waals surface area (Å²) in [6.45, 7) is 4.06. The van der Waals surface area contributed by atoms with E-state index in [4.69, 9.17) is 11.5 Å². The van der Waals surface area contributed by atoms with Crippen LogP contribution >= 0.6 is 11.8 Å². The highest BCUT2D eigenvalue weighted by atomic mass is 32.2. The molecule has 3 amide bonds. The van der Waals surface area contributed by atoms with Gasteiger partial charge in [0, 0.05) is 35.2 Å². The number of β-lactam (4-membered cyclic amide) rings is 1. The van der Waals surface area contributed by atoms with Crippen LogP contribution in [0, 0.1) is 11.8 Å². The van der Waals surface area contributed by atoms with E-state index >= 15 is 0 Å². The van der Waals surface area contributed by atoms with Crippen LogP contribution in [0.25, 0.3) is 0 Å². The number of thioether (sulfide) groups is 1. The fraction of sp³-hybridized carbons (Fsp3) is 0.667. The first-order chi connectivity index (χ1) is 20.0. The van der Waals surface area contributed by atoms with E-state index in [1.54, 1.807) is 11.8 Å². The van der Waals surface area contributed by atoms with Crippen molar-refractivity contribution in [1.82, 2.24) is 40.6 Å². The summed E-state index contributed by atoms with van der Waals surface area (Å²) in [5.74, 6) is -3.02. The largest absolute Gasteiger partial charge is 0.477 e. The predicted molar refractivity (Wildman–Crippen MR) is 148 cm³/mol. The fourth-order valence-corrected chi connectivity index (χ4v) is 7.96. The Bertz CT molecular complexity index is 1300. The number of hydrogen-bond donors (Lipinski definition) is 6. The van der Waals surface area contributed by atoms with Crippen molar-refractivity contribution < 1.29 is 29.4 Å². The first-order valence-corrected chi connectivity index (χ1v) is 14.6. The van der Waals surface area contributed by atoms with Gasteiger partial charge in [-0.2, -0.15) is 0 Å². The summed E-state index contributed by atoms with van der Waals surface area (Å²) in [5, 5.41) is 36.5. The molecule has 5 rings (SSSR count). The van der Waals surface area contributed by atoms with Crippen molar-refractivity contribution in [2.24, 2.45) is 28.3 Å². The highest BCUT2D eigenvalue weighted by molar-refractivity contribution is 8.03. The molecule has 8 N–H and O–H groups in total. The minimum atomic E-state index is -1.19. The van der Waals surface area contributed by atoms with Crippen LogP contribution in [0.4, 0.5) is 0 Å². The van der Waals surface area contributed by atoms with Crippen LogP contribution in [0.3, 0.4) is 0 Å². The first-order valence-electron chi connectivity index (χ1n) is 13.7. The van der Waals surface area contributed by atoms with Crippen molar-refractivity contribution in [2.45, 2.75) is 68.7 Å². The molecule has 1 aromatic heterocycles. The Kier molecular flexibility index (Phi) is 8.38. The number of carboxylic acid groups (broad SMARTS) is 1. The zero-order chi connectivity index (χ0) is 30.3. The number of aliphatic hydroxyl groups is 1. The van der Waals surface area contributed by atoms with E-state index in [0.717, 1.165) is 0 Å². The quantitative estimate of drug-likeness (QED) is 0.0868. The number of amides is 3. The zero-order valence-electron chi connectivity index (χ0n) is 23.2. The molecular weight excluding hydrogens is 570 g/mol. The number of carbonyl (C=O) groups is 4. The molecule has 18 heteroatoms. The number of aliphatic imine (C=N–C) groups is 1. The predicted octanol–water partition coefficient (Wildman–Crippen LogP) is -3.35. The average molecular weight is 606 g/mol. The lowest BCUT2D eigenvalue weighted by atomic mass is 9.78. The summed E-state index contributed by atoms with van der Waals surface area (Å²) in [6.07, 6.45) is 2.21. The molecule has 42 heavy (non-hydrogen) atoms. The second-order valence-electron chi connectivity index (χ2n) is 11.1. The number of aliphatic hydroxyl groups excluding tert-OH is 1. The van der Waals surface area contributed by atoms with Crippen LogP contribution in [0.2, 0.25) is 0 Å². The summed E-state index contributed by atoms with van der Waals surface area (Å²) in [7, 11) is 0. The molecule has 0 aliphatic carbocycles. The number of hydrogen-bond acceptors (Lipinski definition) is 11. The van der Waals surface area contributed by atoms with Crippen molar-refractivity contribution in [3.8, 4) is 0 Å². The summed E-state index contributed by atoms with van der Waals surface area (Å²) in [6, 6.07) is -2.14. The maximum atomic E-state index is 13.4. The van der Waals surface area contributed by atoms with Crippen molar-refractivity contribution in [2.75, 3.05) is 19.7 Å². The topological polar surface area (TPSA) is 247 Å².